The zero-order valence-electron chi connectivity index (χ0n) is 18.7. The molecule has 2 atom stereocenters. The zero-order valence-corrected chi connectivity index (χ0v) is 19.5. The van der Waals surface area contributed by atoms with Crippen LogP contribution in [0.25, 0.3) is 11.1 Å². The van der Waals surface area contributed by atoms with Crippen molar-refractivity contribution >= 4 is 17.4 Å². The van der Waals surface area contributed by atoms with Crippen LogP contribution in [0.1, 0.15) is 11.1 Å². The molecule has 0 saturated carbocycles. The third kappa shape index (κ3) is 5.18. The molecule has 2 aromatic carbocycles. The average molecular weight is 468 g/mol. The number of hydrogen-bond donors (Lipinski definition) is 2. The molecule has 33 heavy (non-hydrogen) atoms. The minimum Gasteiger partial charge on any atom is -0.375 e. The van der Waals surface area contributed by atoms with E-state index in [1.165, 1.54) is 17.4 Å². The Balaban J connectivity index is 1.41. The predicted molar refractivity (Wildman–Crippen MR) is 131 cm³/mol. The lowest BCUT2D eigenvalue weighted by Gasteiger charge is -2.39. The first-order valence-electron chi connectivity index (χ1n) is 11.7. The quantitative estimate of drug-likeness (QED) is 0.701. The number of anilines is 1. The highest BCUT2D eigenvalue weighted by Crippen LogP contribution is 2.34. The summed E-state index contributed by atoms with van der Waals surface area (Å²) in [5.74, 6) is 0.696. The molecular formula is C25H30FN5OS. The van der Waals surface area contributed by atoms with Crippen molar-refractivity contribution < 1.29 is 9.13 Å². The Morgan fingerprint density at radius 2 is 2.00 bits per heavy atom. The molecule has 2 aromatic rings. The summed E-state index contributed by atoms with van der Waals surface area (Å²) in [6, 6.07) is 13.4. The minimum atomic E-state index is -0.472. The number of benzene rings is 2. The van der Waals surface area contributed by atoms with Gasteiger partial charge in [-0.05, 0) is 41.8 Å². The van der Waals surface area contributed by atoms with Crippen molar-refractivity contribution in [2.24, 2.45) is 0 Å². The van der Waals surface area contributed by atoms with E-state index in [0.29, 0.717) is 5.50 Å². The third-order valence-electron chi connectivity index (χ3n) is 6.61. The van der Waals surface area contributed by atoms with E-state index < -0.39 is 5.82 Å². The van der Waals surface area contributed by atoms with Gasteiger partial charge in [-0.1, -0.05) is 12.1 Å². The molecule has 3 aliphatic heterocycles. The summed E-state index contributed by atoms with van der Waals surface area (Å²) in [6.45, 7) is 7.40. The molecule has 2 N–H and O–H groups in total. The van der Waals surface area contributed by atoms with Gasteiger partial charge in [0.05, 0.1) is 18.3 Å². The monoisotopic (exact) mass is 467 g/mol. The third-order valence-corrected chi connectivity index (χ3v) is 7.83. The molecule has 5 rings (SSSR count). The SMILES string of the molecule is N#Cc1ccc(-c2cc(CC3CNCCO3)ccc2N2CCN(C3NCCS3)CC2)cc1F. The zero-order chi connectivity index (χ0) is 22.6. The Morgan fingerprint density at radius 3 is 2.70 bits per heavy atom. The maximum Gasteiger partial charge on any atom is 0.141 e. The molecule has 3 heterocycles. The fourth-order valence-electron chi connectivity index (χ4n) is 4.85. The first kappa shape index (κ1) is 22.6. The van der Waals surface area contributed by atoms with Crippen molar-refractivity contribution in [3.8, 4) is 17.2 Å². The molecule has 6 nitrogen and oxygen atoms in total. The largest absolute Gasteiger partial charge is 0.375 e. The van der Waals surface area contributed by atoms with E-state index in [0.717, 1.165) is 75.7 Å². The highest BCUT2D eigenvalue weighted by molar-refractivity contribution is 8.00. The van der Waals surface area contributed by atoms with E-state index >= 15 is 0 Å². The van der Waals surface area contributed by atoms with Crippen LogP contribution in [-0.4, -0.2) is 74.7 Å². The summed E-state index contributed by atoms with van der Waals surface area (Å²) in [4.78, 5) is 4.92. The van der Waals surface area contributed by atoms with Crippen LogP contribution in [0.3, 0.4) is 0 Å². The Bertz CT molecular complexity index is 1010. The lowest BCUT2D eigenvalue weighted by molar-refractivity contribution is 0.0292. The number of rotatable bonds is 5. The molecule has 3 saturated heterocycles. The number of nitrogens with zero attached hydrogens (tertiary/aromatic N) is 3. The molecule has 3 aliphatic rings. The molecule has 0 spiro atoms. The number of ether oxygens (including phenoxy) is 1. The van der Waals surface area contributed by atoms with Crippen molar-refractivity contribution in [1.82, 2.24) is 15.5 Å². The van der Waals surface area contributed by atoms with Gasteiger partial charge in [0.1, 0.15) is 17.4 Å². The van der Waals surface area contributed by atoms with Gasteiger partial charge in [0.15, 0.2) is 0 Å². The van der Waals surface area contributed by atoms with Crippen LogP contribution >= 0.6 is 11.8 Å². The van der Waals surface area contributed by atoms with Crippen molar-refractivity contribution in [1.29, 1.82) is 5.26 Å². The summed E-state index contributed by atoms with van der Waals surface area (Å²) >= 11 is 1.98. The van der Waals surface area contributed by atoms with Gasteiger partial charge in [0.25, 0.3) is 0 Å². The molecule has 0 aromatic heterocycles. The van der Waals surface area contributed by atoms with E-state index in [-0.39, 0.29) is 11.7 Å². The predicted octanol–water partition coefficient (Wildman–Crippen LogP) is 2.64. The Hall–Kier alpha value is -2.15. The molecule has 0 aliphatic carbocycles. The van der Waals surface area contributed by atoms with Gasteiger partial charge >= 0.3 is 0 Å². The van der Waals surface area contributed by atoms with E-state index in [1.54, 1.807) is 6.07 Å². The van der Waals surface area contributed by atoms with Crippen LogP contribution in [0.2, 0.25) is 0 Å². The van der Waals surface area contributed by atoms with Crippen molar-refractivity contribution in [3.05, 3.63) is 53.3 Å². The number of morpholine rings is 1. The van der Waals surface area contributed by atoms with E-state index in [9.17, 15) is 4.39 Å². The lowest BCUT2D eigenvalue weighted by atomic mass is 9.96. The smallest absolute Gasteiger partial charge is 0.141 e. The molecular weight excluding hydrogens is 437 g/mol. The van der Waals surface area contributed by atoms with Gasteiger partial charge in [-0.25, -0.2) is 4.39 Å². The fourth-order valence-corrected chi connectivity index (χ4v) is 5.96. The van der Waals surface area contributed by atoms with Gasteiger partial charge in [-0.3, -0.25) is 10.2 Å². The van der Waals surface area contributed by atoms with Crippen molar-refractivity contribution in [2.75, 3.05) is 63.1 Å². The van der Waals surface area contributed by atoms with Crippen LogP contribution in [0.4, 0.5) is 10.1 Å². The second-order valence-electron chi connectivity index (χ2n) is 8.76. The number of halogens is 1. The normalized spacial score (nSPS) is 24.1. The van der Waals surface area contributed by atoms with E-state index in [1.807, 2.05) is 23.9 Å². The molecule has 2 unspecified atom stereocenters. The lowest BCUT2D eigenvalue weighted by Crippen LogP contribution is -2.52. The average Bonchev–Trinajstić information content (AvgIpc) is 3.40. The number of nitrogens with one attached hydrogen (secondary N) is 2. The second-order valence-corrected chi connectivity index (χ2v) is 9.95. The molecule has 0 bridgehead atoms. The molecule has 0 radical (unpaired) electrons. The molecule has 174 valence electrons. The Morgan fingerprint density at radius 1 is 1.12 bits per heavy atom. The van der Waals surface area contributed by atoms with Gasteiger partial charge < -0.3 is 15.0 Å². The fraction of sp³-hybridized carbons (Fsp3) is 0.480. The van der Waals surface area contributed by atoms with Gasteiger partial charge in [0, 0.05) is 62.8 Å². The topological polar surface area (TPSA) is 63.6 Å². The maximum absolute atomic E-state index is 14.5. The van der Waals surface area contributed by atoms with Gasteiger partial charge in [-0.15, -0.1) is 11.8 Å². The number of hydrogen-bond acceptors (Lipinski definition) is 7. The standard InChI is InChI=1S/C25H30FN5OS/c26-23-15-19(2-3-20(23)16-27)22-14-18(13-21-17-28-5-11-32-21)1-4-24(22)30-7-9-31(10-8-30)25-29-6-12-33-25/h1-4,14-15,21,25,28-29H,5-13,17H2. The first-order valence-corrected chi connectivity index (χ1v) is 12.8. The number of thioether (sulfide) groups is 1. The summed E-state index contributed by atoms with van der Waals surface area (Å²) < 4.78 is 20.4. The first-order chi connectivity index (χ1) is 16.2. The summed E-state index contributed by atoms with van der Waals surface area (Å²) in [5.41, 5.74) is 4.62. The summed E-state index contributed by atoms with van der Waals surface area (Å²) in [7, 11) is 0. The van der Waals surface area contributed by atoms with Crippen LogP contribution in [-0.2, 0) is 11.2 Å². The van der Waals surface area contributed by atoms with Gasteiger partial charge in [-0.2, -0.15) is 5.26 Å². The van der Waals surface area contributed by atoms with Crippen LogP contribution in [0.5, 0.6) is 0 Å². The van der Waals surface area contributed by atoms with E-state index in [4.69, 9.17) is 10.00 Å². The minimum absolute atomic E-state index is 0.0771. The molecule has 3 fully saturated rings. The summed E-state index contributed by atoms with van der Waals surface area (Å²) in [5, 5.41) is 16.1. The Labute approximate surface area is 199 Å². The second kappa shape index (κ2) is 10.4. The van der Waals surface area contributed by atoms with Crippen LogP contribution in [0, 0.1) is 17.1 Å². The van der Waals surface area contributed by atoms with Crippen LogP contribution < -0.4 is 15.5 Å². The van der Waals surface area contributed by atoms with Gasteiger partial charge in [0.2, 0.25) is 0 Å². The maximum atomic E-state index is 14.5. The van der Waals surface area contributed by atoms with Crippen molar-refractivity contribution in [2.45, 2.75) is 18.0 Å². The summed E-state index contributed by atoms with van der Waals surface area (Å²) in [6.07, 6.45) is 0.965. The molecule has 0 amide bonds. The highest BCUT2D eigenvalue weighted by Gasteiger charge is 2.27. The number of nitriles is 1. The van der Waals surface area contributed by atoms with E-state index in [2.05, 4.69) is 38.6 Å². The number of piperazine rings is 1. The molecule has 8 heteroatoms. The van der Waals surface area contributed by atoms with Crippen molar-refractivity contribution in [3.63, 3.8) is 0 Å². The Kier molecular flexibility index (Phi) is 7.14. The highest BCUT2D eigenvalue weighted by atomic mass is 32.2. The van der Waals surface area contributed by atoms with Crippen LogP contribution in [0.15, 0.2) is 36.4 Å².